The van der Waals surface area contributed by atoms with E-state index in [0.717, 1.165) is 19.3 Å². The van der Waals surface area contributed by atoms with Crippen LogP contribution in [0.2, 0.25) is 0 Å². The molecule has 2 fully saturated rings. The minimum atomic E-state index is -1.35. The smallest absolute Gasteiger partial charge is 0.348 e. The summed E-state index contributed by atoms with van der Waals surface area (Å²) in [5.41, 5.74) is -1.99. The minimum absolute atomic E-state index is 0.0614. The van der Waals surface area contributed by atoms with Gasteiger partial charge in [0.15, 0.2) is 5.78 Å². The summed E-state index contributed by atoms with van der Waals surface area (Å²) < 4.78 is 10.8. The Hall–Kier alpha value is -1.72. The topological polar surface area (TPSA) is 86.7 Å². The molecule has 0 aromatic heterocycles. The number of hydrogen-bond donors (Lipinski definition) is 0. The van der Waals surface area contributed by atoms with E-state index in [0.29, 0.717) is 18.8 Å². The summed E-state index contributed by atoms with van der Waals surface area (Å²) in [7, 11) is 0. The molecule has 1 aliphatic heterocycles. The van der Waals surface area contributed by atoms with E-state index in [1.54, 1.807) is 13.8 Å². The first-order valence-electron chi connectivity index (χ1n) is 11.3. The van der Waals surface area contributed by atoms with Gasteiger partial charge in [0.1, 0.15) is 17.8 Å². The lowest BCUT2D eigenvalue weighted by molar-refractivity contribution is -0.177. The van der Waals surface area contributed by atoms with Crippen molar-refractivity contribution in [2.75, 3.05) is 6.61 Å². The number of ether oxygens (including phenoxy) is 2. The fraction of sp³-hybridized carbons (Fsp3) is 0.833. The normalized spacial score (nSPS) is 29.2. The molecule has 170 valence electrons. The molecule has 2 rings (SSSR count). The Labute approximate surface area is 180 Å². The molecule has 1 saturated carbocycles. The quantitative estimate of drug-likeness (QED) is 0.386. The van der Waals surface area contributed by atoms with Crippen LogP contribution in [0, 0.1) is 28.6 Å². The molecule has 0 aromatic carbocycles. The Kier molecular flexibility index (Phi) is 7.86. The van der Waals surface area contributed by atoms with Gasteiger partial charge in [-0.1, -0.05) is 53.9 Å². The van der Waals surface area contributed by atoms with Gasteiger partial charge < -0.3 is 14.3 Å². The first kappa shape index (κ1) is 24.5. The maximum absolute atomic E-state index is 13.5. The van der Waals surface area contributed by atoms with Crippen molar-refractivity contribution in [2.45, 2.75) is 92.6 Å². The Bertz CT molecular complexity index is 679. The number of carbonyl (C=O) groups excluding carboxylic acids is 4. The molecular weight excluding hydrogens is 384 g/mol. The second-order valence-electron chi connectivity index (χ2n) is 10.4. The molecule has 0 aromatic rings. The summed E-state index contributed by atoms with van der Waals surface area (Å²) in [6, 6.07) is 0. The number of rotatable bonds is 10. The average Bonchev–Trinajstić information content (AvgIpc) is 3.11. The van der Waals surface area contributed by atoms with Crippen LogP contribution in [-0.2, 0) is 28.7 Å². The van der Waals surface area contributed by atoms with Crippen LogP contribution in [0.3, 0.4) is 0 Å². The third-order valence-corrected chi connectivity index (χ3v) is 6.91. The van der Waals surface area contributed by atoms with Crippen molar-refractivity contribution in [3.8, 4) is 0 Å². The Morgan fingerprint density at radius 3 is 2.37 bits per heavy atom. The van der Waals surface area contributed by atoms with Gasteiger partial charge >= 0.3 is 11.9 Å². The van der Waals surface area contributed by atoms with E-state index in [9.17, 15) is 19.2 Å². The zero-order valence-corrected chi connectivity index (χ0v) is 19.4. The van der Waals surface area contributed by atoms with Gasteiger partial charge in [0, 0.05) is 18.3 Å². The SMILES string of the molecule is CC(=O)CC[C@]1(C(=O)O[C@H]2C(=O)OCC2(C)C)C(=O)CC[C@H]1[C@@H](C)CCCC(C)C. The molecule has 0 radical (unpaired) electrons. The van der Waals surface area contributed by atoms with Crippen LogP contribution in [0.5, 0.6) is 0 Å². The van der Waals surface area contributed by atoms with Crippen LogP contribution in [0.4, 0.5) is 0 Å². The zero-order chi connectivity index (χ0) is 22.7. The van der Waals surface area contributed by atoms with Gasteiger partial charge in [0.2, 0.25) is 6.10 Å². The Morgan fingerprint density at radius 2 is 1.83 bits per heavy atom. The van der Waals surface area contributed by atoms with Crippen molar-refractivity contribution >= 4 is 23.5 Å². The summed E-state index contributed by atoms with van der Waals surface area (Å²) in [5.74, 6) is -0.855. The molecular formula is C24H38O6. The van der Waals surface area contributed by atoms with Gasteiger partial charge in [-0.05, 0) is 37.5 Å². The summed E-state index contributed by atoms with van der Waals surface area (Å²) >= 11 is 0. The number of esters is 2. The molecule has 30 heavy (non-hydrogen) atoms. The molecule has 2 aliphatic rings. The van der Waals surface area contributed by atoms with Crippen LogP contribution in [0.1, 0.15) is 86.5 Å². The number of carbonyl (C=O) groups is 4. The second kappa shape index (κ2) is 9.61. The summed E-state index contributed by atoms with van der Waals surface area (Å²) in [5, 5.41) is 0. The van der Waals surface area contributed by atoms with Crippen LogP contribution in [0.15, 0.2) is 0 Å². The fourth-order valence-electron chi connectivity index (χ4n) is 4.99. The second-order valence-corrected chi connectivity index (χ2v) is 10.4. The van der Waals surface area contributed by atoms with Crippen molar-refractivity contribution in [3.63, 3.8) is 0 Å². The van der Waals surface area contributed by atoms with Crippen molar-refractivity contribution < 1.29 is 28.7 Å². The zero-order valence-electron chi connectivity index (χ0n) is 19.4. The van der Waals surface area contributed by atoms with E-state index >= 15 is 0 Å². The highest BCUT2D eigenvalue weighted by molar-refractivity contribution is 6.06. The van der Waals surface area contributed by atoms with E-state index in [1.807, 2.05) is 0 Å². The Morgan fingerprint density at radius 1 is 1.17 bits per heavy atom. The standard InChI is InChI=1S/C24H38O6/c1-15(2)8-7-9-16(3)18-10-11-19(26)24(18,13-12-17(4)25)22(28)30-20-21(27)29-14-23(20,5)6/h15-16,18,20H,7-14H2,1-6H3/t16-,18-,20-,24+/m0/s1. The first-order chi connectivity index (χ1) is 13.9. The van der Waals surface area contributed by atoms with E-state index in [2.05, 4.69) is 20.8 Å². The molecule has 0 amide bonds. The average molecular weight is 423 g/mol. The van der Waals surface area contributed by atoms with Gasteiger partial charge in [-0.2, -0.15) is 0 Å². The van der Waals surface area contributed by atoms with Gasteiger partial charge in [-0.3, -0.25) is 9.59 Å². The van der Waals surface area contributed by atoms with Crippen LogP contribution < -0.4 is 0 Å². The lowest BCUT2D eigenvalue weighted by atomic mass is 9.67. The van der Waals surface area contributed by atoms with Gasteiger partial charge in [0.25, 0.3) is 0 Å². The number of ketones is 2. The van der Waals surface area contributed by atoms with Gasteiger partial charge in [-0.15, -0.1) is 0 Å². The Balaban J connectivity index is 2.29. The van der Waals surface area contributed by atoms with E-state index in [4.69, 9.17) is 9.47 Å². The summed E-state index contributed by atoms with van der Waals surface area (Å²) in [6.45, 7) is 11.7. The maximum Gasteiger partial charge on any atom is 0.348 e. The van der Waals surface area contributed by atoms with Gasteiger partial charge in [0.05, 0.1) is 0 Å². The highest BCUT2D eigenvalue weighted by Gasteiger charge is 2.59. The predicted molar refractivity (Wildman–Crippen MR) is 113 cm³/mol. The molecule has 0 spiro atoms. The number of cyclic esters (lactones) is 1. The van der Waals surface area contributed by atoms with Crippen LogP contribution >= 0.6 is 0 Å². The molecule has 1 aliphatic carbocycles. The highest BCUT2D eigenvalue weighted by atomic mass is 16.6. The lowest BCUT2D eigenvalue weighted by Gasteiger charge is -2.37. The van der Waals surface area contributed by atoms with Crippen molar-refractivity contribution in [1.82, 2.24) is 0 Å². The lowest BCUT2D eigenvalue weighted by Crippen LogP contribution is -2.48. The molecule has 6 nitrogen and oxygen atoms in total. The third kappa shape index (κ3) is 5.12. The summed E-state index contributed by atoms with van der Waals surface area (Å²) in [6.07, 6.45) is 3.25. The van der Waals surface area contributed by atoms with Crippen LogP contribution in [0.25, 0.3) is 0 Å². The van der Waals surface area contributed by atoms with Crippen molar-refractivity contribution in [3.05, 3.63) is 0 Å². The molecule has 0 bridgehead atoms. The maximum atomic E-state index is 13.5. The molecule has 0 unspecified atom stereocenters. The van der Waals surface area contributed by atoms with E-state index in [1.165, 1.54) is 6.92 Å². The predicted octanol–water partition coefficient (Wildman–Crippen LogP) is 4.28. The first-order valence-corrected chi connectivity index (χ1v) is 11.3. The van der Waals surface area contributed by atoms with Gasteiger partial charge in [-0.25, -0.2) is 4.79 Å². The van der Waals surface area contributed by atoms with Crippen LogP contribution in [-0.4, -0.2) is 36.2 Å². The molecule has 6 heteroatoms. The van der Waals surface area contributed by atoms with Crippen molar-refractivity contribution in [2.24, 2.45) is 28.6 Å². The fourth-order valence-corrected chi connectivity index (χ4v) is 4.99. The van der Waals surface area contributed by atoms with Crippen molar-refractivity contribution in [1.29, 1.82) is 0 Å². The third-order valence-electron chi connectivity index (χ3n) is 6.91. The van der Waals surface area contributed by atoms with E-state index < -0.39 is 28.9 Å². The largest absolute Gasteiger partial charge is 0.462 e. The molecule has 1 saturated heterocycles. The number of hydrogen-bond acceptors (Lipinski definition) is 6. The highest BCUT2D eigenvalue weighted by Crippen LogP contribution is 2.50. The summed E-state index contributed by atoms with van der Waals surface area (Å²) in [4.78, 5) is 50.6. The number of Topliss-reactive ketones (excluding diaryl/α,β-unsaturated/α-hetero) is 2. The van der Waals surface area contributed by atoms with E-state index in [-0.39, 0.29) is 42.9 Å². The molecule has 0 N–H and O–H groups in total. The minimum Gasteiger partial charge on any atom is -0.462 e. The molecule has 1 heterocycles. The monoisotopic (exact) mass is 422 g/mol. The molecule has 4 atom stereocenters.